The van der Waals surface area contributed by atoms with Gasteiger partial charge in [0.2, 0.25) is 5.91 Å². The lowest BCUT2D eigenvalue weighted by molar-refractivity contribution is -0.130. The van der Waals surface area contributed by atoms with Gasteiger partial charge in [0.25, 0.3) is 0 Å². The Morgan fingerprint density at radius 2 is 2.00 bits per heavy atom. The molecule has 3 heteroatoms. The van der Waals surface area contributed by atoms with Gasteiger partial charge in [-0.05, 0) is 44.6 Å². The van der Waals surface area contributed by atoms with E-state index in [0.717, 1.165) is 18.9 Å². The lowest BCUT2D eigenvalue weighted by Crippen LogP contribution is -2.41. The number of amides is 1. The van der Waals surface area contributed by atoms with Crippen LogP contribution in [-0.2, 0) is 4.79 Å². The van der Waals surface area contributed by atoms with Gasteiger partial charge < -0.3 is 10.2 Å². The first-order chi connectivity index (χ1) is 7.50. The molecule has 0 aromatic rings. The van der Waals surface area contributed by atoms with Crippen molar-refractivity contribution in [1.82, 2.24) is 10.2 Å². The minimum atomic E-state index is 0.216. The average Bonchev–Trinajstić information content (AvgIpc) is 2.99. The van der Waals surface area contributed by atoms with E-state index < -0.39 is 0 Å². The third-order valence-corrected chi connectivity index (χ3v) is 3.27. The number of nitrogens with one attached hydrogen (secondary N) is 1. The molecule has 1 N–H and O–H groups in total. The van der Waals surface area contributed by atoms with Gasteiger partial charge in [0.15, 0.2) is 0 Å². The summed E-state index contributed by atoms with van der Waals surface area (Å²) < 4.78 is 0. The molecule has 16 heavy (non-hydrogen) atoms. The number of hydrogen-bond acceptors (Lipinski definition) is 2. The third kappa shape index (κ3) is 4.97. The number of carbonyl (C=O) groups is 1. The molecule has 1 amide bonds. The Bertz CT molecular complexity index is 224. The van der Waals surface area contributed by atoms with Gasteiger partial charge in [0.1, 0.15) is 0 Å². The van der Waals surface area contributed by atoms with Crippen LogP contribution >= 0.6 is 0 Å². The molecule has 0 spiro atoms. The highest BCUT2D eigenvalue weighted by molar-refractivity contribution is 5.78. The summed E-state index contributed by atoms with van der Waals surface area (Å²) in [7, 11) is 1.91. The van der Waals surface area contributed by atoms with Crippen molar-refractivity contribution in [2.45, 2.75) is 46.1 Å². The molecule has 1 unspecified atom stereocenters. The smallest absolute Gasteiger partial charge is 0.236 e. The summed E-state index contributed by atoms with van der Waals surface area (Å²) in [6.07, 6.45) is 3.74. The number of carbonyl (C=O) groups excluding carboxylic acids is 1. The van der Waals surface area contributed by atoms with Gasteiger partial charge in [-0.15, -0.1) is 0 Å². The van der Waals surface area contributed by atoms with E-state index in [9.17, 15) is 4.79 Å². The van der Waals surface area contributed by atoms with Crippen molar-refractivity contribution in [2.24, 2.45) is 11.8 Å². The van der Waals surface area contributed by atoms with Gasteiger partial charge in [-0.25, -0.2) is 0 Å². The SMILES string of the molecule is CC(C)CC(C)N(C)C(=O)CNCC1CC1. The summed E-state index contributed by atoms with van der Waals surface area (Å²) in [5, 5.41) is 3.24. The van der Waals surface area contributed by atoms with E-state index >= 15 is 0 Å². The maximum Gasteiger partial charge on any atom is 0.236 e. The van der Waals surface area contributed by atoms with E-state index in [4.69, 9.17) is 0 Å². The zero-order chi connectivity index (χ0) is 12.1. The van der Waals surface area contributed by atoms with Gasteiger partial charge in [-0.3, -0.25) is 4.79 Å². The molecule has 0 radical (unpaired) electrons. The van der Waals surface area contributed by atoms with Gasteiger partial charge >= 0.3 is 0 Å². The number of nitrogens with zero attached hydrogens (tertiary/aromatic N) is 1. The predicted octanol–water partition coefficient (Wildman–Crippen LogP) is 1.88. The zero-order valence-corrected chi connectivity index (χ0v) is 11.1. The normalized spacial score (nSPS) is 17.6. The zero-order valence-electron chi connectivity index (χ0n) is 11.1. The summed E-state index contributed by atoms with van der Waals surface area (Å²) in [5.74, 6) is 1.70. The summed E-state index contributed by atoms with van der Waals surface area (Å²) >= 11 is 0. The molecule has 0 saturated heterocycles. The Labute approximate surface area is 99.6 Å². The minimum absolute atomic E-state index is 0.216. The van der Waals surface area contributed by atoms with Crippen molar-refractivity contribution in [1.29, 1.82) is 0 Å². The van der Waals surface area contributed by atoms with Crippen LogP contribution in [-0.4, -0.2) is 37.0 Å². The molecular weight excluding hydrogens is 200 g/mol. The molecular formula is C13H26N2O. The molecule has 0 aromatic heterocycles. The van der Waals surface area contributed by atoms with Crippen LogP contribution in [0.2, 0.25) is 0 Å². The first-order valence-electron chi connectivity index (χ1n) is 6.47. The Morgan fingerprint density at radius 1 is 1.38 bits per heavy atom. The Kier molecular flexibility index (Phi) is 5.26. The highest BCUT2D eigenvalue weighted by Gasteiger charge is 2.21. The molecule has 1 atom stereocenters. The van der Waals surface area contributed by atoms with Gasteiger partial charge in [-0.2, -0.15) is 0 Å². The monoisotopic (exact) mass is 226 g/mol. The maximum atomic E-state index is 11.8. The van der Waals surface area contributed by atoms with E-state index in [1.54, 1.807) is 0 Å². The largest absolute Gasteiger partial charge is 0.342 e. The fourth-order valence-electron chi connectivity index (χ4n) is 1.92. The van der Waals surface area contributed by atoms with Crippen molar-refractivity contribution in [3.05, 3.63) is 0 Å². The second kappa shape index (κ2) is 6.24. The molecule has 1 rings (SSSR count). The number of rotatable bonds is 7. The fourth-order valence-corrected chi connectivity index (χ4v) is 1.92. The topological polar surface area (TPSA) is 32.3 Å². The Morgan fingerprint density at radius 3 is 2.50 bits per heavy atom. The second-order valence-electron chi connectivity index (χ2n) is 5.56. The summed E-state index contributed by atoms with van der Waals surface area (Å²) in [4.78, 5) is 13.7. The van der Waals surface area contributed by atoms with Crippen LogP contribution < -0.4 is 5.32 Å². The molecule has 0 bridgehead atoms. The predicted molar refractivity (Wildman–Crippen MR) is 67.3 cm³/mol. The molecule has 0 aliphatic heterocycles. The third-order valence-electron chi connectivity index (χ3n) is 3.27. The Balaban J connectivity index is 2.16. The van der Waals surface area contributed by atoms with Crippen LogP contribution in [0, 0.1) is 11.8 Å². The van der Waals surface area contributed by atoms with Crippen molar-refractivity contribution >= 4 is 5.91 Å². The van der Waals surface area contributed by atoms with E-state index in [-0.39, 0.29) is 5.91 Å². The molecule has 3 nitrogen and oxygen atoms in total. The van der Waals surface area contributed by atoms with Crippen LogP contribution in [0.1, 0.15) is 40.0 Å². The molecule has 94 valence electrons. The van der Waals surface area contributed by atoms with Crippen molar-refractivity contribution in [3.63, 3.8) is 0 Å². The molecule has 1 fully saturated rings. The fraction of sp³-hybridized carbons (Fsp3) is 0.923. The van der Waals surface area contributed by atoms with Crippen molar-refractivity contribution in [2.75, 3.05) is 20.1 Å². The summed E-state index contributed by atoms with van der Waals surface area (Å²) in [5.41, 5.74) is 0. The standard InChI is InChI=1S/C13H26N2O/c1-10(2)7-11(3)15(4)13(16)9-14-8-12-5-6-12/h10-12,14H,5-9H2,1-4H3. The van der Waals surface area contributed by atoms with Crippen LogP contribution in [0.3, 0.4) is 0 Å². The molecule has 0 heterocycles. The van der Waals surface area contributed by atoms with Gasteiger partial charge in [0.05, 0.1) is 6.54 Å². The lowest BCUT2D eigenvalue weighted by Gasteiger charge is -2.26. The van der Waals surface area contributed by atoms with Crippen LogP contribution in [0.5, 0.6) is 0 Å². The van der Waals surface area contributed by atoms with E-state index in [1.807, 2.05) is 11.9 Å². The van der Waals surface area contributed by atoms with Crippen molar-refractivity contribution < 1.29 is 4.79 Å². The van der Waals surface area contributed by atoms with Gasteiger partial charge in [0, 0.05) is 13.1 Å². The van der Waals surface area contributed by atoms with E-state index in [0.29, 0.717) is 18.5 Å². The van der Waals surface area contributed by atoms with E-state index in [2.05, 4.69) is 26.1 Å². The number of hydrogen-bond donors (Lipinski definition) is 1. The summed E-state index contributed by atoms with van der Waals surface area (Å²) in [6, 6.07) is 0.343. The van der Waals surface area contributed by atoms with Crippen molar-refractivity contribution in [3.8, 4) is 0 Å². The first kappa shape index (κ1) is 13.5. The average molecular weight is 226 g/mol. The maximum absolute atomic E-state index is 11.8. The van der Waals surface area contributed by atoms with Crippen LogP contribution in [0.15, 0.2) is 0 Å². The molecule has 1 saturated carbocycles. The Hall–Kier alpha value is -0.570. The number of likely N-dealkylation sites (N-methyl/N-ethyl adjacent to an activating group) is 1. The van der Waals surface area contributed by atoms with Gasteiger partial charge in [-0.1, -0.05) is 13.8 Å². The highest BCUT2D eigenvalue weighted by atomic mass is 16.2. The lowest BCUT2D eigenvalue weighted by atomic mass is 10.0. The van der Waals surface area contributed by atoms with Crippen LogP contribution in [0.4, 0.5) is 0 Å². The van der Waals surface area contributed by atoms with Crippen LogP contribution in [0.25, 0.3) is 0 Å². The quantitative estimate of drug-likeness (QED) is 0.719. The molecule has 1 aliphatic carbocycles. The molecule has 1 aliphatic rings. The molecule has 0 aromatic carbocycles. The summed E-state index contributed by atoms with van der Waals surface area (Å²) in [6.45, 7) is 8.02. The van der Waals surface area contributed by atoms with E-state index in [1.165, 1.54) is 12.8 Å². The second-order valence-corrected chi connectivity index (χ2v) is 5.56. The first-order valence-corrected chi connectivity index (χ1v) is 6.47. The minimum Gasteiger partial charge on any atom is -0.342 e. The highest BCUT2D eigenvalue weighted by Crippen LogP contribution is 2.27.